The average molecular weight is 821 g/mol. The van der Waals surface area contributed by atoms with Crippen molar-refractivity contribution in [2.45, 2.75) is 90.5 Å². The molecule has 0 aliphatic carbocycles. The molecule has 0 saturated carbocycles. The van der Waals surface area contributed by atoms with Crippen molar-refractivity contribution in [3.63, 3.8) is 0 Å². The van der Waals surface area contributed by atoms with Crippen LogP contribution >= 0.6 is 0 Å². The van der Waals surface area contributed by atoms with Gasteiger partial charge in [0.1, 0.15) is 28.7 Å². The van der Waals surface area contributed by atoms with Gasteiger partial charge >= 0.3 is 18.8 Å². The van der Waals surface area contributed by atoms with Crippen molar-refractivity contribution < 1.29 is 49.9 Å². The van der Waals surface area contributed by atoms with Gasteiger partial charge in [-0.25, -0.2) is 23.2 Å². The summed E-state index contributed by atoms with van der Waals surface area (Å²) in [5.41, 5.74) is -3.13. The number of carbonyl (C=O) groups is 3. The monoisotopic (exact) mass is 820 g/mol. The van der Waals surface area contributed by atoms with Crippen LogP contribution in [0.2, 0.25) is 0 Å². The molecule has 58 heavy (non-hydrogen) atoms. The van der Waals surface area contributed by atoms with E-state index in [2.05, 4.69) is 30.9 Å². The fraction of sp³-hybridized carbons (Fsp3) is 0.432. The van der Waals surface area contributed by atoms with E-state index in [9.17, 15) is 36.3 Å². The van der Waals surface area contributed by atoms with E-state index < -0.39 is 77.3 Å². The first-order valence-corrected chi connectivity index (χ1v) is 17.9. The number of pyridine rings is 1. The lowest BCUT2D eigenvalue weighted by Crippen LogP contribution is -2.58. The fourth-order valence-electron chi connectivity index (χ4n) is 6.68. The molecule has 14 nitrogen and oxygen atoms in total. The highest BCUT2D eigenvalue weighted by Crippen LogP contribution is 2.35. The minimum Gasteiger partial charge on any atom is -0.444 e. The Kier molecular flexibility index (Phi) is 11.0. The van der Waals surface area contributed by atoms with E-state index in [4.69, 9.17) is 4.74 Å². The summed E-state index contributed by atoms with van der Waals surface area (Å²) in [6.45, 7) is 3.71. The van der Waals surface area contributed by atoms with Crippen LogP contribution in [0.3, 0.4) is 0 Å². The lowest BCUT2D eigenvalue weighted by molar-refractivity contribution is -0.141. The van der Waals surface area contributed by atoms with Crippen molar-refractivity contribution in [1.82, 2.24) is 49.9 Å². The molecule has 5 aromatic rings. The minimum absolute atomic E-state index is 0.0780. The van der Waals surface area contributed by atoms with E-state index in [1.165, 1.54) is 36.9 Å². The number of ether oxygens (including phenoxy) is 1. The van der Waals surface area contributed by atoms with E-state index in [0.717, 1.165) is 34.1 Å². The highest BCUT2D eigenvalue weighted by molar-refractivity contribution is 6.01. The first kappa shape index (κ1) is 41.6. The molecule has 1 aliphatic heterocycles. The summed E-state index contributed by atoms with van der Waals surface area (Å²) in [5.74, 6) is -3.54. The zero-order chi connectivity index (χ0) is 42.5. The zero-order valence-electron chi connectivity index (χ0n) is 32.1. The van der Waals surface area contributed by atoms with E-state index >= 15 is 8.78 Å². The predicted molar refractivity (Wildman–Crippen MR) is 192 cm³/mol. The first-order valence-electron chi connectivity index (χ1n) is 17.9. The van der Waals surface area contributed by atoms with Crippen LogP contribution in [0.25, 0.3) is 22.3 Å². The van der Waals surface area contributed by atoms with Gasteiger partial charge in [0, 0.05) is 37.8 Å². The largest absolute Gasteiger partial charge is 0.444 e. The van der Waals surface area contributed by atoms with Crippen LogP contribution < -0.4 is 10.6 Å². The quantitative estimate of drug-likeness (QED) is 0.155. The molecule has 0 spiro atoms. The Balaban J connectivity index is 1.31. The fourth-order valence-corrected chi connectivity index (χ4v) is 6.68. The average Bonchev–Trinajstić information content (AvgIpc) is 3.84. The predicted octanol–water partition coefficient (Wildman–Crippen LogP) is 5.95. The molecule has 1 aromatic carbocycles. The molecular formula is C37H39F7N10O4. The Hall–Kier alpha value is -6.02. The number of aromatic nitrogens is 7. The van der Waals surface area contributed by atoms with Crippen molar-refractivity contribution in [1.29, 1.82) is 0 Å². The smallest absolute Gasteiger partial charge is 0.435 e. The summed E-state index contributed by atoms with van der Waals surface area (Å²) in [4.78, 5) is 46.3. The van der Waals surface area contributed by atoms with Gasteiger partial charge < -0.3 is 20.3 Å². The zero-order valence-corrected chi connectivity index (χ0v) is 32.1. The van der Waals surface area contributed by atoms with Crippen molar-refractivity contribution in [2.24, 2.45) is 7.05 Å². The maximum Gasteiger partial charge on any atom is 0.435 e. The Bertz CT molecular complexity index is 2380. The van der Waals surface area contributed by atoms with Gasteiger partial charge in [-0.3, -0.25) is 19.0 Å². The standard InChI is InChI=1S/C37H39F7N10O4/c1-35(2,3)58-34(57)45-15-20-12-28(37(42,43)44)50-54(20)18-36(4,5)49-31(55)27(11-19-14-47-53(17-19)33(40)41)52-10-9-21-22(7-8-23(38)29(21)32(52)56)30-24(39)13-26-25(48-30)16-46-51(26)6/h7-8,12-14,16-17,27,33H,9-11,15,18H2,1-6H3,(H,45,57)(H,49,55)/t27-/m1/s1. The number of nitrogens with one attached hydrogen (secondary N) is 2. The third kappa shape index (κ3) is 8.91. The third-order valence-electron chi connectivity index (χ3n) is 9.22. The van der Waals surface area contributed by atoms with Gasteiger partial charge in [-0.15, -0.1) is 0 Å². The SMILES string of the molecule is Cn1ncc2nc(-c3ccc(F)c4c3CCN([C@H](Cc3cnn(C(F)F)c3)C(=O)NC(C)(C)Cn3nc(C(F)(F)F)cc3CNC(=O)OC(C)(C)C)C4=O)c(F)cc21. The van der Waals surface area contributed by atoms with Gasteiger partial charge in [-0.2, -0.15) is 37.2 Å². The number of halogens is 7. The topological polar surface area (TPSA) is 154 Å². The summed E-state index contributed by atoms with van der Waals surface area (Å²) in [6, 6.07) is 2.74. The Morgan fingerprint density at radius 1 is 1.00 bits per heavy atom. The number of carbonyl (C=O) groups excluding carboxylic acids is 3. The van der Waals surface area contributed by atoms with Crippen molar-refractivity contribution in [2.75, 3.05) is 6.54 Å². The van der Waals surface area contributed by atoms with Gasteiger partial charge in [0.15, 0.2) is 11.5 Å². The Morgan fingerprint density at radius 3 is 2.38 bits per heavy atom. The van der Waals surface area contributed by atoms with Crippen molar-refractivity contribution >= 4 is 28.9 Å². The van der Waals surface area contributed by atoms with Crippen LogP contribution in [-0.2, 0) is 48.7 Å². The normalized spacial score (nSPS) is 14.2. The van der Waals surface area contributed by atoms with Gasteiger partial charge in [0.25, 0.3) is 5.91 Å². The van der Waals surface area contributed by atoms with Gasteiger partial charge in [0.05, 0.1) is 47.8 Å². The second-order valence-corrected chi connectivity index (χ2v) is 15.4. The molecule has 0 bridgehead atoms. The Morgan fingerprint density at radius 2 is 1.72 bits per heavy atom. The van der Waals surface area contributed by atoms with Crippen molar-refractivity contribution in [3.05, 3.63) is 82.6 Å². The number of rotatable bonds is 11. The number of fused-ring (bicyclic) bond motifs is 2. The summed E-state index contributed by atoms with van der Waals surface area (Å²) in [6.07, 6.45) is -2.74. The summed E-state index contributed by atoms with van der Waals surface area (Å²) < 4.78 is 107. The van der Waals surface area contributed by atoms with Crippen LogP contribution in [0.5, 0.6) is 0 Å². The number of aryl methyl sites for hydroxylation is 1. The number of benzene rings is 1. The number of hydrogen-bond acceptors (Lipinski definition) is 8. The second-order valence-electron chi connectivity index (χ2n) is 15.4. The summed E-state index contributed by atoms with van der Waals surface area (Å²) in [5, 5.41) is 16.5. The Labute approximate surface area is 326 Å². The van der Waals surface area contributed by atoms with Crippen LogP contribution in [-0.4, -0.2) is 80.9 Å². The van der Waals surface area contributed by atoms with Crippen LogP contribution in [0.4, 0.5) is 35.5 Å². The number of alkyl halides is 5. The van der Waals surface area contributed by atoms with E-state index in [0.29, 0.717) is 15.7 Å². The molecular weight excluding hydrogens is 781 g/mol. The molecule has 310 valence electrons. The molecule has 21 heteroatoms. The minimum atomic E-state index is -4.86. The summed E-state index contributed by atoms with van der Waals surface area (Å²) >= 11 is 0. The lowest BCUT2D eigenvalue weighted by Gasteiger charge is -2.37. The molecule has 1 atom stereocenters. The van der Waals surface area contributed by atoms with E-state index in [1.54, 1.807) is 27.8 Å². The van der Waals surface area contributed by atoms with Crippen LogP contribution in [0, 0.1) is 11.6 Å². The molecule has 4 aromatic heterocycles. The third-order valence-corrected chi connectivity index (χ3v) is 9.22. The maximum absolute atomic E-state index is 15.7. The van der Waals surface area contributed by atoms with Crippen LogP contribution in [0.1, 0.15) is 74.0 Å². The molecule has 0 fully saturated rings. The molecule has 3 amide bonds. The van der Waals surface area contributed by atoms with Gasteiger partial charge in [0.2, 0.25) is 5.91 Å². The molecule has 1 aliphatic rings. The van der Waals surface area contributed by atoms with E-state index in [-0.39, 0.29) is 54.0 Å². The highest BCUT2D eigenvalue weighted by atomic mass is 19.4. The second kappa shape index (κ2) is 15.4. The van der Waals surface area contributed by atoms with Crippen LogP contribution in [0.15, 0.2) is 42.9 Å². The first-order chi connectivity index (χ1) is 27.0. The number of hydrogen-bond donors (Lipinski definition) is 2. The molecule has 0 radical (unpaired) electrons. The molecule has 0 unspecified atom stereocenters. The number of nitrogens with zero attached hydrogens (tertiary/aromatic N) is 8. The number of alkyl carbamates (subject to hydrolysis) is 1. The molecule has 0 saturated heterocycles. The van der Waals surface area contributed by atoms with Gasteiger partial charge in [-0.1, -0.05) is 0 Å². The summed E-state index contributed by atoms with van der Waals surface area (Å²) in [7, 11) is 1.60. The molecule has 2 N–H and O–H groups in total. The molecule has 5 heterocycles. The molecule has 6 rings (SSSR count). The van der Waals surface area contributed by atoms with E-state index in [1.807, 2.05) is 0 Å². The maximum atomic E-state index is 15.7. The number of amides is 3. The highest BCUT2D eigenvalue weighted by Gasteiger charge is 2.40. The van der Waals surface area contributed by atoms with Gasteiger partial charge in [-0.05, 0) is 70.4 Å². The lowest BCUT2D eigenvalue weighted by atomic mass is 9.90. The van der Waals surface area contributed by atoms with Crippen molar-refractivity contribution in [3.8, 4) is 11.3 Å².